The minimum absolute atomic E-state index is 0.00920. The average Bonchev–Trinajstić information content (AvgIpc) is 3.51. The predicted octanol–water partition coefficient (Wildman–Crippen LogP) is 7.65. The Morgan fingerprint density at radius 2 is 1.81 bits per heavy atom. The lowest BCUT2D eigenvalue weighted by molar-refractivity contribution is -0.118. The molecule has 1 aromatic heterocycles. The maximum Gasteiger partial charge on any atom is 0.250 e. The number of nitrogens with one attached hydrogen (secondary N) is 3. The highest BCUT2D eigenvalue weighted by Gasteiger charge is 2.61. The van der Waals surface area contributed by atoms with Crippen LogP contribution in [0.2, 0.25) is 10.0 Å². The van der Waals surface area contributed by atoms with Crippen LogP contribution in [-0.4, -0.2) is 22.4 Å². The first-order valence-corrected chi connectivity index (χ1v) is 15.1. The van der Waals surface area contributed by atoms with Crippen molar-refractivity contribution in [3.63, 3.8) is 0 Å². The van der Waals surface area contributed by atoms with Crippen LogP contribution < -0.4 is 15.4 Å². The molecule has 0 aliphatic carbocycles. The summed E-state index contributed by atoms with van der Waals surface area (Å²) < 4.78 is 34.4. The van der Waals surface area contributed by atoms with E-state index in [4.69, 9.17) is 23.2 Å². The molecule has 1 amide bonds. The second-order valence-corrected chi connectivity index (χ2v) is 13.5. The second-order valence-electron chi connectivity index (χ2n) is 11.8. The number of hydrogen-bond acceptors (Lipinski definition) is 5. The maximum absolute atomic E-state index is 15.8. The Hall–Kier alpha value is -3.55. The molecule has 5 rings (SSSR count). The molecule has 0 spiro atoms. The lowest BCUT2D eigenvalue weighted by Crippen LogP contribution is -2.45. The van der Waals surface area contributed by atoms with Crippen molar-refractivity contribution in [2.24, 2.45) is 5.41 Å². The molecule has 222 valence electrons. The second kappa shape index (κ2) is 11.9. The van der Waals surface area contributed by atoms with E-state index in [1.807, 2.05) is 20.8 Å². The molecule has 3 aromatic carbocycles. The van der Waals surface area contributed by atoms with E-state index in [1.165, 1.54) is 30.3 Å². The number of aromatic amines is 1. The van der Waals surface area contributed by atoms with Gasteiger partial charge in [-0.3, -0.25) is 9.59 Å². The van der Waals surface area contributed by atoms with E-state index in [2.05, 4.69) is 21.1 Å². The first kappa shape index (κ1) is 30.9. The van der Waals surface area contributed by atoms with Crippen LogP contribution in [0.3, 0.4) is 0 Å². The van der Waals surface area contributed by atoms with Crippen LogP contribution in [0.25, 0.3) is 11.3 Å². The van der Waals surface area contributed by atoms with Crippen LogP contribution in [0.1, 0.15) is 44.2 Å². The van der Waals surface area contributed by atoms with Gasteiger partial charge in [-0.2, -0.15) is 5.26 Å². The minimum Gasteiger partial charge on any atom is -0.325 e. The Morgan fingerprint density at radius 3 is 2.42 bits per heavy atom. The predicted molar refractivity (Wildman–Crippen MR) is 167 cm³/mol. The summed E-state index contributed by atoms with van der Waals surface area (Å²) in [6.45, 7) is 5.92. The average molecular weight is 642 g/mol. The molecule has 6 nitrogen and oxygen atoms in total. The number of anilines is 1. The zero-order valence-corrected chi connectivity index (χ0v) is 25.8. The van der Waals surface area contributed by atoms with E-state index in [0.717, 1.165) is 23.2 Å². The largest absolute Gasteiger partial charge is 0.325 e. The summed E-state index contributed by atoms with van der Waals surface area (Å²) >= 11 is 13.3. The SMILES string of the molecule is CC(C)(C)CC1NC(C(=O)Nc2ccc(-c3cc(=O)s[nH]3)cc2)C(c2cccc(Cl)c2F)C1(C#N)c1ccc(Cl)cc1F. The van der Waals surface area contributed by atoms with Crippen molar-refractivity contribution in [1.82, 2.24) is 9.69 Å². The number of H-pyrrole nitrogens is 1. The number of halogens is 4. The zero-order valence-electron chi connectivity index (χ0n) is 23.5. The molecule has 3 N–H and O–H groups in total. The van der Waals surface area contributed by atoms with Crippen molar-refractivity contribution < 1.29 is 13.6 Å². The molecule has 0 bridgehead atoms. The number of carbonyl (C=O) groups is 1. The topological polar surface area (TPSA) is 97.8 Å². The van der Waals surface area contributed by atoms with Gasteiger partial charge in [0.1, 0.15) is 17.0 Å². The lowest BCUT2D eigenvalue weighted by Gasteiger charge is -2.37. The highest BCUT2D eigenvalue weighted by Crippen LogP contribution is 2.52. The Kier molecular flexibility index (Phi) is 8.52. The third-order valence-corrected chi connectivity index (χ3v) is 8.89. The van der Waals surface area contributed by atoms with Gasteiger partial charge in [0.15, 0.2) is 0 Å². The highest BCUT2D eigenvalue weighted by molar-refractivity contribution is 7.03. The van der Waals surface area contributed by atoms with E-state index in [9.17, 15) is 14.9 Å². The number of nitriles is 1. The Balaban J connectivity index is 1.63. The number of rotatable bonds is 6. The summed E-state index contributed by atoms with van der Waals surface area (Å²) in [4.78, 5) is 25.6. The van der Waals surface area contributed by atoms with Gasteiger partial charge in [-0.05, 0) is 64.8 Å². The van der Waals surface area contributed by atoms with Crippen LogP contribution in [-0.2, 0) is 10.2 Å². The van der Waals surface area contributed by atoms with Gasteiger partial charge in [0.25, 0.3) is 0 Å². The minimum atomic E-state index is -1.72. The molecule has 4 aromatic rings. The van der Waals surface area contributed by atoms with E-state index < -0.39 is 41.0 Å². The van der Waals surface area contributed by atoms with Crippen molar-refractivity contribution >= 4 is 46.3 Å². The van der Waals surface area contributed by atoms with E-state index in [-0.39, 0.29) is 31.3 Å². The fraction of sp³-hybridized carbons (Fsp3) is 0.281. The van der Waals surface area contributed by atoms with Crippen LogP contribution >= 0.6 is 34.7 Å². The van der Waals surface area contributed by atoms with Gasteiger partial charge in [-0.1, -0.05) is 74.3 Å². The molecule has 1 aliphatic rings. The van der Waals surface area contributed by atoms with Gasteiger partial charge in [0, 0.05) is 34.3 Å². The summed E-state index contributed by atoms with van der Waals surface area (Å²) in [5, 5.41) is 17.1. The summed E-state index contributed by atoms with van der Waals surface area (Å²) in [6, 6.07) is 17.2. The van der Waals surface area contributed by atoms with Gasteiger partial charge in [-0.25, -0.2) is 8.78 Å². The molecule has 43 heavy (non-hydrogen) atoms. The fourth-order valence-electron chi connectivity index (χ4n) is 5.93. The van der Waals surface area contributed by atoms with Gasteiger partial charge in [0.2, 0.25) is 10.6 Å². The molecule has 2 heterocycles. The number of carbonyl (C=O) groups excluding carboxylic acids is 1. The number of nitrogens with zero attached hydrogens (tertiary/aromatic N) is 1. The summed E-state index contributed by atoms with van der Waals surface area (Å²) in [6.07, 6.45) is 0.360. The summed E-state index contributed by atoms with van der Waals surface area (Å²) in [7, 11) is 0. The van der Waals surface area contributed by atoms with Crippen molar-refractivity contribution in [3.8, 4) is 17.3 Å². The van der Waals surface area contributed by atoms with Gasteiger partial charge >= 0.3 is 0 Å². The Morgan fingerprint density at radius 1 is 1.09 bits per heavy atom. The third-order valence-electron chi connectivity index (χ3n) is 7.72. The van der Waals surface area contributed by atoms with Crippen LogP contribution in [0.4, 0.5) is 14.5 Å². The Labute approximate surface area is 261 Å². The lowest BCUT2D eigenvalue weighted by atomic mass is 9.62. The maximum atomic E-state index is 15.8. The molecule has 4 atom stereocenters. The van der Waals surface area contributed by atoms with Crippen LogP contribution in [0.5, 0.6) is 0 Å². The van der Waals surface area contributed by atoms with E-state index >= 15 is 8.78 Å². The highest BCUT2D eigenvalue weighted by atomic mass is 35.5. The van der Waals surface area contributed by atoms with Crippen molar-refractivity contribution in [1.29, 1.82) is 5.26 Å². The van der Waals surface area contributed by atoms with Crippen LogP contribution in [0.15, 0.2) is 71.5 Å². The normalized spacial score (nSPS) is 21.9. The smallest absolute Gasteiger partial charge is 0.250 e. The third kappa shape index (κ3) is 5.98. The number of aromatic nitrogens is 1. The summed E-state index contributed by atoms with van der Waals surface area (Å²) in [5.74, 6) is -3.22. The molecule has 1 aliphatic heterocycles. The van der Waals surface area contributed by atoms with E-state index in [0.29, 0.717) is 17.8 Å². The fourth-order valence-corrected chi connectivity index (χ4v) is 6.84. The molecule has 11 heteroatoms. The van der Waals surface area contributed by atoms with Crippen molar-refractivity contribution in [3.05, 3.63) is 109 Å². The zero-order chi connectivity index (χ0) is 31.1. The molecule has 0 saturated carbocycles. The monoisotopic (exact) mass is 640 g/mol. The Bertz CT molecular complexity index is 1780. The molecule has 1 fully saturated rings. The van der Waals surface area contributed by atoms with Gasteiger partial charge < -0.3 is 15.0 Å². The molecular formula is C32H28Cl2F2N4O2S. The van der Waals surface area contributed by atoms with Crippen molar-refractivity contribution in [2.45, 2.75) is 50.6 Å². The molecule has 4 unspecified atom stereocenters. The number of amides is 1. The number of hydrogen-bond donors (Lipinski definition) is 3. The van der Waals surface area contributed by atoms with E-state index in [1.54, 1.807) is 30.3 Å². The van der Waals surface area contributed by atoms with Gasteiger partial charge in [-0.15, -0.1) is 0 Å². The molecule has 0 radical (unpaired) electrons. The standard InChI is InChI=1S/C32H28Cl2F2N4O2S/c1-31(2,3)15-25-32(16-37,21-12-9-18(33)13-23(21)35)27(20-5-4-6-22(34)28(20)36)29(39-25)30(42)38-19-10-7-17(8-11-19)24-14-26(41)43-40-24/h4-14,25,27,29,39-40H,15H2,1-3H3,(H,38,42). The number of benzene rings is 3. The van der Waals surface area contributed by atoms with Crippen LogP contribution in [0, 0.1) is 28.4 Å². The quantitative estimate of drug-likeness (QED) is 0.202. The van der Waals surface area contributed by atoms with Gasteiger partial charge in [0.05, 0.1) is 22.8 Å². The van der Waals surface area contributed by atoms with Crippen molar-refractivity contribution in [2.75, 3.05) is 5.32 Å². The first-order chi connectivity index (χ1) is 20.3. The molecule has 1 saturated heterocycles. The molecular weight excluding hydrogens is 613 g/mol. The first-order valence-electron chi connectivity index (χ1n) is 13.5. The summed E-state index contributed by atoms with van der Waals surface area (Å²) in [5.41, 5.74) is -0.206.